The molecular formula is C6BrCl2F3. The molecule has 0 saturated heterocycles. The zero-order valence-corrected chi connectivity index (χ0v) is 8.37. The Hall–Kier alpha value is 0.0700. The molecule has 0 bridgehead atoms. The number of halogens is 6. The van der Waals surface area contributed by atoms with Gasteiger partial charge in [0.15, 0.2) is 17.5 Å². The van der Waals surface area contributed by atoms with Crippen molar-refractivity contribution in [2.75, 3.05) is 0 Å². The molecule has 0 unspecified atom stereocenters. The van der Waals surface area contributed by atoms with Crippen LogP contribution in [0.2, 0.25) is 10.0 Å². The fraction of sp³-hybridized carbons (Fsp3) is 0. The van der Waals surface area contributed by atoms with Gasteiger partial charge < -0.3 is 0 Å². The van der Waals surface area contributed by atoms with Crippen molar-refractivity contribution in [2.45, 2.75) is 0 Å². The van der Waals surface area contributed by atoms with E-state index in [1.165, 1.54) is 0 Å². The number of benzene rings is 1. The van der Waals surface area contributed by atoms with E-state index < -0.39 is 32.0 Å². The van der Waals surface area contributed by atoms with Crippen molar-refractivity contribution in [3.05, 3.63) is 32.0 Å². The molecule has 0 aromatic heterocycles. The fourth-order valence-corrected chi connectivity index (χ4v) is 1.33. The maximum atomic E-state index is 12.7. The van der Waals surface area contributed by atoms with Crippen LogP contribution in [0.3, 0.4) is 0 Å². The third kappa shape index (κ3) is 1.43. The highest BCUT2D eigenvalue weighted by molar-refractivity contribution is 9.10. The average molecular weight is 280 g/mol. The van der Waals surface area contributed by atoms with E-state index in [2.05, 4.69) is 15.9 Å². The molecule has 0 radical (unpaired) electrons. The quantitative estimate of drug-likeness (QED) is 0.494. The second-order valence-corrected chi connectivity index (χ2v) is 3.43. The summed E-state index contributed by atoms with van der Waals surface area (Å²) in [7, 11) is 0. The summed E-state index contributed by atoms with van der Waals surface area (Å²) in [5.41, 5.74) is 0. The first-order valence-corrected chi connectivity index (χ1v) is 4.18. The second-order valence-electron chi connectivity index (χ2n) is 1.88. The summed E-state index contributed by atoms with van der Waals surface area (Å²) in [5.74, 6) is -3.93. The number of hydrogen-bond acceptors (Lipinski definition) is 0. The Balaban J connectivity index is 3.60. The van der Waals surface area contributed by atoms with Gasteiger partial charge in [0, 0.05) is 0 Å². The zero-order valence-electron chi connectivity index (χ0n) is 5.27. The molecule has 0 atom stereocenters. The van der Waals surface area contributed by atoms with Crippen molar-refractivity contribution in [1.82, 2.24) is 0 Å². The summed E-state index contributed by atoms with van der Waals surface area (Å²) in [4.78, 5) is 0. The van der Waals surface area contributed by atoms with E-state index in [4.69, 9.17) is 23.2 Å². The van der Waals surface area contributed by atoms with Gasteiger partial charge in [-0.15, -0.1) is 0 Å². The largest absolute Gasteiger partial charge is 0.204 e. The lowest BCUT2D eigenvalue weighted by Gasteiger charge is -2.03. The Morgan fingerprint density at radius 1 is 0.833 bits per heavy atom. The van der Waals surface area contributed by atoms with Gasteiger partial charge in [0.2, 0.25) is 0 Å². The van der Waals surface area contributed by atoms with Gasteiger partial charge in [-0.2, -0.15) is 0 Å². The molecule has 1 rings (SSSR count). The molecule has 0 fully saturated rings. The first-order valence-electron chi connectivity index (χ1n) is 2.63. The van der Waals surface area contributed by atoms with Crippen LogP contribution >= 0.6 is 39.1 Å². The molecule has 0 aliphatic heterocycles. The summed E-state index contributed by atoms with van der Waals surface area (Å²) in [6.07, 6.45) is 0. The smallest absolute Gasteiger partial charge is 0.181 e. The first-order chi connectivity index (χ1) is 5.46. The van der Waals surface area contributed by atoms with Crippen LogP contribution in [-0.4, -0.2) is 0 Å². The first kappa shape index (κ1) is 10.2. The molecule has 0 N–H and O–H groups in total. The van der Waals surface area contributed by atoms with Crippen molar-refractivity contribution in [3.63, 3.8) is 0 Å². The molecule has 12 heavy (non-hydrogen) atoms. The topological polar surface area (TPSA) is 0 Å². The average Bonchev–Trinajstić information content (AvgIpc) is 2.08. The molecule has 0 saturated carbocycles. The highest BCUT2D eigenvalue weighted by atomic mass is 79.9. The maximum Gasteiger partial charge on any atom is 0.181 e. The minimum atomic E-state index is -1.45. The monoisotopic (exact) mass is 278 g/mol. The summed E-state index contributed by atoms with van der Waals surface area (Å²) in [6, 6.07) is 0. The molecule has 1 aromatic carbocycles. The zero-order chi connectivity index (χ0) is 9.46. The normalized spacial score (nSPS) is 10.5. The third-order valence-corrected chi connectivity index (χ3v) is 2.82. The van der Waals surface area contributed by atoms with Crippen LogP contribution in [0.4, 0.5) is 13.2 Å². The lowest BCUT2D eigenvalue weighted by Crippen LogP contribution is -1.93. The molecule has 0 aliphatic rings. The molecule has 6 heteroatoms. The Bertz CT molecular complexity index is 235. The minimum Gasteiger partial charge on any atom is -0.204 e. The predicted octanol–water partition coefficient (Wildman–Crippen LogP) is 4.17. The molecule has 66 valence electrons. The van der Waals surface area contributed by atoms with E-state index in [-0.39, 0.29) is 0 Å². The van der Waals surface area contributed by atoms with Gasteiger partial charge >= 0.3 is 0 Å². The second kappa shape index (κ2) is 3.44. The summed E-state index contributed by atoms with van der Waals surface area (Å²) in [5, 5.41) is -1.51. The molecule has 0 aliphatic carbocycles. The van der Waals surface area contributed by atoms with Crippen LogP contribution < -0.4 is 0 Å². The molecular weight excluding hydrogens is 280 g/mol. The van der Waals surface area contributed by atoms with E-state index in [9.17, 15) is 13.2 Å². The van der Waals surface area contributed by atoms with Crippen LogP contribution in [0, 0.1) is 17.5 Å². The Morgan fingerprint density at radius 2 is 1.33 bits per heavy atom. The molecule has 0 spiro atoms. The number of hydrogen-bond donors (Lipinski definition) is 0. The molecule has 0 amide bonds. The maximum absolute atomic E-state index is 12.7. The van der Waals surface area contributed by atoms with E-state index in [1.54, 1.807) is 0 Å². The van der Waals surface area contributed by atoms with Crippen molar-refractivity contribution >= 4 is 39.1 Å². The van der Waals surface area contributed by atoms with Gasteiger partial charge in [0.05, 0.1) is 9.50 Å². The van der Waals surface area contributed by atoms with Crippen LogP contribution in [0.1, 0.15) is 0 Å². The van der Waals surface area contributed by atoms with E-state index in [1.807, 2.05) is 0 Å². The standard InChI is InChI=1S/C6BrCl2F3/c7-1-2(8)5(11)3(9)6(12)4(1)10. The summed E-state index contributed by atoms with van der Waals surface area (Å²) >= 11 is 12.9. The van der Waals surface area contributed by atoms with E-state index in [0.717, 1.165) is 0 Å². The summed E-state index contributed by atoms with van der Waals surface area (Å²) < 4.78 is 37.5. The van der Waals surface area contributed by atoms with Gasteiger partial charge in [-0.1, -0.05) is 23.2 Å². The predicted molar refractivity (Wildman–Crippen MR) is 44.0 cm³/mol. The van der Waals surface area contributed by atoms with Crippen LogP contribution in [-0.2, 0) is 0 Å². The van der Waals surface area contributed by atoms with Crippen molar-refractivity contribution in [2.24, 2.45) is 0 Å². The van der Waals surface area contributed by atoms with Crippen molar-refractivity contribution in [3.8, 4) is 0 Å². The highest BCUT2D eigenvalue weighted by Gasteiger charge is 2.20. The van der Waals surface area contributed by atoms with Crippen molar-refractivity contribution in [1.29, 1.82) is 0 Å². The van der Waals surface area contributed by atoms with Crippen molar-refractivity contribution < 1.29 is 13.2 Å². The lowest BCUT2D eigenvalue weighted by molar-refractivity contribution is 0.491. The minimum absolute atomic E-state index is 0.469. The number of rotatable bonds is 0. The fourth-order valence-electron chi connectivity index (χ4n) is 0.578. The van der Waals surface area contributed by atoms with E-state index in [0.29, 0.717) is 0 Å². The van der Waals surface area contributed by atoms with Gasteiger partial charge in [-0.05, 0) is 15.9 Å². The van der Waals surface area contributed by atoms with E-state index >= 15 is 0 Å². The third-order valence-electron chi connectivity index (χ3n) is 1.16. The SMILES string of the molecule is Fc1c(F)c(Br)c(Cl)c(F)c1Cl. The Morgan fingerprint density at radius 3 is 1.83 bits per heavy atom. The van der Waals surface area contributed by atoms with Gasteiger partial charge in [0.1, 0.15) is 5.02 Å². The van der Waals surface area contributed by atoms with Gasteiger partial charge in [-0.25, -0.2) is 13.2 Å². The van der Waals surface area contributed by atoms with Crippen LogP contribution in [0.25, 0.3) is 0 Å². The highest BCUT2D eigenvalue weighted by Crippen LogP contribution is 2.35. The van der Waals surface area contributed by atoms with Gasteiger partial charge in [0.25, 0.3) is 0 Å². The lowest BCUT2D eigenvalue weighted by atomic mass is 10.3. The molecule has 0 nitrogen and oxygen atoms in total. The molecule has 0 heterocycles. The Labute approximate surface area is 84.4 Å². The molecule has 1 aromatic rings. The summed E-state index contributed by atoms with van der Waals surface area (Å²) in [6.45, 7) is 0. The van der Waals surface area contributed by atoms with Crippen LogP contribution in [0.15, 0.2) is 4.47 Å². The van der Waals surface area contributed by atoms with Gasteiger partial charge in [-0.3, -0.25) is 0 Å². The Kier molecular flexibility index (Phi) is 2.91. The van der Waals surface area contributed by atoms with Crippen LogP contribution in [0.5, 0.6) is 0 Å².